The summed E-state index contributed by atoms with van der Waals surface area (Å²) in [4.78, 5) is 13.0. The predicted molar refractivity (Wildman–Crippen MR) is 104 cm³/mol. The molecule has 1 fully saturated rings. The number of aliphatic hydroxyl groups excluding tert-OH is 1. The Morgan fingerprint density at radius 3 is 2.50 bits per heavy atom. The van der Waals surface area contributed by atoms with Crippen LogP contribution in [0.15, 0.2) is 42.5 Å². The van der Waals surface area contributed by atoms with Crippen LogP contribution in [0.2, 0.25) is 0 Å². The summed E-state index contributed by atoms with van der Waals surface area (Å²) in [7, 11) is 0. The van der Waals surface area contributed by atoms with E-state index < -0.39 is 29.7 Å². The van der Waals surface area contributed by atoms with Crippen LogP contribution in [-0.2, 0) is 11.2 Å². The van der Waals surface area contributed by atoms with E-state index in [-0.39, 0.29) is 24.3 Å². The summed E-state index contributed by atoms with van der Waals surface area (Å²) in [6.45, 7) is 1.12. The first-order valence-corrected chi connectivity index (χ1v) is 10.2. The third-order valence-electron chi connectivity index (χ3n) is 5.45. The molecule has 1 aliphatic heterocycles. The number of carbonyl (C=O) groups excluding carboxylic acids is 1. The van der Waals surface area contributed by atoms with E-state index in [9.17, 15) is 23.1 Å². The highest BCUT2D eigenvalue weighted by Gasteiger charge is 2.34. The summed E-state index contributed by atoms with van der Waals surface area (Å²) in [5, 5.41) is 13.2. The molecule has 1 unspecified atom stereocenters. The lowest BCUT2D eigenvalue weighted by atomic mass is 10.0. The van der Waals surface area contributed by atoms with Crippen LogP contribution >= 0.6 is 0 Å². The standard InChI is InChI=1S/C22H26F3N3O2/c23-18-14-20(25)19(24)12-16(18)11-17(26)13-21(29)27-9-5-2-6-10-28(27)22(30)15-7-3-1-4-8-15/h1,3-4,7-8,12,14,17,22,30H,2,5-6,9-11,13,26H2/p+2/t17-,22+/m1/s1. The molecule has 30 heavy (non-hydrogen) atoms. The van der Waals surface area contributed by atoms with Crippen LogP contribution in [0.3, 0.4) is 0 Å². The maximum atomic E-state index is 13.9. The van der Waals surface area contributed by atoms with E-state index in [1.807, 2.05) is 30.3 Å². The van der Waals surface area contributed by atoms with E-state index in [1.54, 1.807) is 5.01 Å². The van der Waals surface area contributed by atoms with Gasteiger partial charge in [0.1, 0.15) is 12.4 Å². The van der Waals surface area contributed by atoms with Crippen molar-refractivity contribution < 1.29 is 33.8 Å². The monoisotopic (exact) mass is 423 g/mol. The molecule has 0 radical (unpaired) electrons. The van der Waals surface area contributed by atoms with Crippen molar-refractivity contribution in [3.8, 4) is 0 Å². The van der Waals surface area contributed by atoms with Crippen LogP contribution in [0.4, 0.5) is 13.2 Å². The van der Waals surface area contributed by atoms with Gasteiger partial charge < -0.3 is 10.8 Å². The lowest BCUT2D eigenvalue weighted by Gasteiger charge is -2.33. The van der Waals surface area contributed by atoms with E-state index in [4.69, 9.17) is 0 Å². The Balaban J connectivity index is 1.70. The van der Waals surface area contributed by atoms with Crippen LogP contribution < -0.4 is 10.7 Å². The lowest BCUT2D eigenvalue weighted by molar-refractivity contribution is -1.05. The van der Waals surface area contributed by atoms with Crippen LogP contribution in [0.1, 0.15) is 43.0 Å². The second-order valence-electron chi connectivity index (χ2n) is 7.79. The number of rotatable bonds is 6. The molecule has 0 saturated carbocycles. The Morgan fingerprint density at radius 1 is 1.07 bits per heavy atom. The molecular formula is C22H28F3N3O2+2. The molecule has 1 aliphatic rings. The molecule has 0 aliphatic carbocycles. The molecule has 5 N–H and O–H groups in total. The summed E-state index contributed by atoms with van der Waals surface area (Å²) in [6.07, 6.45) is 1.83. The van der Waals surface area contributed by atoms with Crippen molar-refractivity contribution in [2.75, 3.05) is 13.1 Å². The number of quaternary nitrogens is 2. The van der Waals surface area contributed by atoms with Crippen LogP contribution in [-0.4, -0.2) is 35.2 Å². The Bertz CT molecular complexity index is 866. The van der Waals surface area contributed by atoms with Crippen molar-refractivity contribution in [2.24, 2.45) is 0 Å². The third kappa shape index (κ3) is 5.38. The molecule has 2 aromatic rings. The number of nitrogens with zero attached hydrogens (tertiary/aromatic N) is 1. The number of benzene rings is 2. The minimum Gasteiger partial charge on any atom is -0.354 e. The molecule has 0 spiro atoms. The fourth-order valence-corrected chi connectivity index (χ4v) is 3.89. The fraction of sp³-hybridized carbons (Fsp3) is 0.409. The number of amides is 1. The molecule has 162 valence electrons. The van der Waals surface area contributed by atoms with Gasteiger partial charge in [0.05, 0.1) is 19.0 Å². The zero-order valence-electron chi connectivity index (χ0n) is 16.8. The third-order valence-corrected chi connectivity index (χ3v) is 5.45. The quantitative estimate of drug-likeness (QED) is 0.610. The molecule has 1 amide bonds. The minimum absolute atomic E-state index is 0.00825. The number of halogens is 3. The average molecular weight is 423 g/mol. The van der Waals surface area contributed by atoms with Gasteiger partial charge in [-0.3, -0.25) is 4.79 Å². The Kier molecular flexibility index (Phi) is 7.47. The highest BCUT2D eigenvalue weighted by atomic mass is 19.2. The maximum absolute atomic E-state index is 13.9. The van der Waals surface area contributed by atoms with E-state index in [0.717, 1.165) is 30.9 Å². The molecular weight excluding hydrogens is 395 g/mol. The Hall–Kier alpha value is -2.42. The van der Waals surface area contributed by atoms with Gasteiger partial charge in [-0.15, -0.1) is 0 Å². The summed E-state index contributed by atoms with van der Waals surface area (Å²) in [6, 6.07) is 9.99. The number of aliphatic hydroxyl groups is 1. The maximum Gasteiger partial charge on any atom is 0.273 e. The van der Waals surface area contributed by atoms with Crippen LogP contribution in [0, 0.1) is 17.5 Å². The van der Waals surface area contributed by atoms with E-state index in [0.29, 0.717) is 24.2 Å². The largest absolute Gasteiger partial charge is 0.354 e. The van der Waals surface area contributed by atoms with Crippen molar-refractivity contribution in [1.82, 2.24) is 5.01 Å². The molecule has 3 atom stereocenters. The SMILES string of the molecule is [NH3+][C@@H](CC(=O)N1CCCCC[NH+]1[C@@H](O)c1ccccc1)Cc1cc(F)c(F)cc1F. The van der Waals surface area contributed by atoms with Gasteiger partial charge in [-0.1, -0.05) is 30.3 Å². The van der Waals surface area contributed by atoms with E-state index in [2.05, 4.69) is 5.73 Å². The Morgan fingerprint density at radius 2 is 1.77 bits per heavy atom. The molecule has 0 bridgehead atoms. The van der Waals surface area contributed by atoms with Crippen molar-refractivity contribution in [2.45, 2.75) is 44.4 Å². The van der Waals surface area contributed by atoms with E-state index in [1.165, 1.54) is 0 Å². The van der Waals surface area contributed by atoms with Crippen molar-refractivity contribution in [3.05, 3.63) is 71.0 Å². The zero-order chi connectivity index (χ0) is 21.7. The summed E-state index contributed by atoms with van der Waals surface area (Å²) < 4.78 is 40.5. The van der Waals surface area contributed by atoms with Crippen molar-refractivity contribution >= 4 is 5.91 Å². The highest BCUT2D eigenvalue weighted by molar-refractivity contribution is 5.75. The first-order chi connectivity index (χ1) is 14.4. The number of hydrogen-bond acceptors (Lipinski definition) is 2. The van der Waals surface area contributed by atoms with Gasteiger partial charge in [0.15, 0.2) is 11.6 Å². The molecule has 5 nitrogen and oxygen atoms in total. The minimum atomic E-state index is -1.24. The second-order valence-corrected chi connectivity index (χ2v) is 7.79. The van der Waals surface area contributed by atoms with Gasteiger partial charge >= 0.3 is 0 Å². The van der Waals surface area contributed by atoms with Crippen molar-refractivity contribution in [3.63, 3.8) is 0 Å². The molecule has 0 aromatic heterocycles. The normalized spacial score (nSPS) is 19.2. The first kappa shape index (κ1) is 22.3. The molecule has 1 heterocycles. The number of carbonyl (C=O) groups is 1. The van der Waals surface area contributed by atoms with E-state index >= 15 is 0 Å². The second kappa shape index (κ2) is 10.1. The predicted octanol–water partition coefficient (Wildman–Crippen LogP) is 1.15. The summed E-state index contributed by atoms with van der Waals surface area (Å²) >= 11 is 0. The van der Waals surface area contributed by atoms with Crippen molar-refractivity contribution in [1.29, 1.82) is 0 Å². The van der Waals surface area contributed by atoms with Gasteiger partial charge in [-0.2, -0.15) is 5.01 Å². The van der Waals surface area contributed by atoms with Gasteiger partial charge in [0.2, 0.25) is 6.23 Å². The van der Waals surface area contributed by atoms with Crippen LogP contribution in [0.25, 0.3) is 0 Å². The van der Waals surface area contributed by atoms with Gasteiger partial charge in [0, 0.05) is 18.1 Å². The highest BCUT2D eigenvalue weighted by Crippen LogP contribution is 2.16. The summed E-state index contributed by atoms with van der Waals surface area (Å²) in [5.74, 6) is -3.42. The topological polar surface area (TPSA) is 72.6 Å². The van der Waals surface area contributed by atoms with Gasteiger partial charge in [-0.25, -0.2) is 18.2 Å². The molecule has 2 aromatic carbocycles. The average Bonchev–Trinajstić information content (AvgIpc) is 2.98. The molecule has 1 saturated heterocycles. The number of hydrogen-bond donors (Lipinski definition) is 3. The summed E-state index contributed by atoms with van der Waals surface area (Å²) in [5.41, 5.74) is 4.63. The number of nitrogens with one attached hydrogen (secondary N) is 1. The van der Waals surface area contributed by atoms with Crippen LogP contribution in [0.5, 0.6) is 0 Å². The molecule has 8 heteroatoms. The Labute approximate surface area is 173 Å². The first-order valence-electron chi connectivity index (χ1n) is 10.2. The smallest absolute Gasteiger partial charge is 0.273 e. The lowest BCUT2D eigenvalue weighted by Crippen LogP contribution is -3.19. The zero-order valence-corrected chi connectivity index (χ0v) is 16.8. The molecule has 3 rings (SSSR count). The van der Waals surface area contributed by atoms with Gasteiger partial charge in [-0.05, 0) is 30.9 Å². The van der Waals surface area contributed by atoms with Gasteiger partial charge in [0.25, 0.3) is 5.91 Å². The fourth-order valence-electron chi connectivity index (χ4n) is 3.89.